The summed E-state index contributed by atoms with van der Waals surface area (Å²) in [6.45, 7) is 0.417. The number of rotatable bonds is 5. The number of nitrogens with one attached hydrogen (secondary N) is 2. The van der Waals surface area contributed by atoms with Gasteiger partial charge in [-0.15, -0.1) is 0 Å². The highest BCUT2D eigenvalue weighted by Gasteiger charge is 2.34. The van der Waals surface area contributed by atoms with Gasteiger partial charge in [-0.25, -0.2) is 4.98 Å². The molecule has 10 heteroatoms. The topological polar surface area (TPSA) is 115 Å². The summed E-state index contributed by atoms with van der Waals surface area (Å²) >= 11 is 0. The molecule has 146 valence electrons. The van der Waals surface area contributed by atoms with E-state index in [1.54, 1.807) is 37.3 Å². The third kappa shape index (κ3) is 3.24. The summed E-state index contributed by atoms with van der Waals surface area (Å²) in [5.41, 5.74) is 1.03. The maximum absolute atomic E-state index is 13.0. The summed E-state index contributed by atoms with van der Waals surface area (Å²) in [6.07, 6.45) is 1.88. The molecule has 2 N–H and O–H groups in total. The van der Waals surface area contributed by atoms with Crippen molar-refractivity contribution in [2.45, 2.75) is 12.5 Å². The van der Waals surface area contributed by atoms with Crippen molar-refractivity contribution in [3.05, 3.63) is 24.5 Å². The number of anilines is 3. The second kappa shape index (κ2) is 7.22. The molecule has 0 spiro atoms. The zero-order valence-corrected chi connectivity index (χ0v) is 15.4. The lowest BCUT2D eigenvalue weighted by molar-refractivity contribution is -0.119. The van der Waals surface area contributed by atoms with Crippen LogP contribution in [0.2, 0.25) is 0 Å². The fourth-order valence-electron chi connectivity index (χ4n) is 3.19. The fraction of sp³-hybridized carbons (Fsp3) is 0.333. The number of aromatic nitrogens is 2. The van der Waals surface area contributed by atoms with Crippen molar-refractivity contribution in [2.24, 2.45) is 0 Å². The Balaban J connectivity index is 1.56. The van der Waals surface area contributed by atoms with Crippen LogP contribution in [-0.2, 0) is 9.59 Å². The first-order chi connectivity index (χ1) is 13.6. The van der Waals surface area contributed by atoms with Gasteiger partial charge in [0.2, 0.25) is 11.8 Å². The second-order valence-electron chi connectivity index (χ2n) is 6.29. The van der Waals surface area contributed by atoms with E-state index in [1.807, 2.05) is 0 Å². The molecule has 1 atom stereocenters. The standard InChI is InChI=1S/C18H19N5O5/c1-26-11-5-10(6-12(7-11)27-2)23-4-3-13(18(23)25)21-16-15-17(20-9-19-16)28-8-14(24)22-15/h5-7,9,13H,3-4,8H2,1-2H3,(H,22,24)(H,19,20,21). The molecule has 4 rings (SSSR count). The van der Waals surface area contributed by atoms with Crippen molar-refractivity contribution in [3.8, 4) is 17.4 Å². The third-order valence-corrected chi connectivity index (χ3v) is 4.58. The molecule has 1 fully saturated rings. The smallest absolute Gasteiger partial charge is 0.262 e. The number of nitrogens with zero attached hydrogens (tertiary/aromatic N) is 3. The summed E-state index contributed by atoms with van der Waals surface area (Å²) in [7, 11) is 3.12. The Hall–Kier alpha value is -3.56. The van der Waals surface area contributed by atoms with Gasteiger partial charge in [-0.05, 0) is 6.42 Å². The highest BCUT2D eigenvalue weighted by molar-refractivity contribution is 6.03. The van der Waals surface area contributed by atoms with Crippen LogP contribution < -0.4 is 29.7 Å². The predicted octanol–water partition coefficient (Wildman–Crippen LogP) is 1.04. The quantitative estimate of drug-likeness (QED) is 0.785. The van der Waals surface area contributed by atoms with Gasteiger partial charge in [-0.2, -0.15) is 4.98 Å². The zero-order valence-electron chi connectivity index (χ0n) is 15.4. The average Bonchev–Trinajstić information content (AvgIpc) is 3.08. The summed E-state index contributed by atoms with van der Waals surface area (Å²) in [5.74, 6) is 1.41. The molecule has 2 aliphatic heterocycles. The van der Waals surface area contributed by atoms with Crippen molar-refractivity contribution in [2.75, 3.05) is 42.9 Å². The van der Waals surface area contributed by atoms with Gasteiger partial charge < -0.3 is 29.7 Å². The van der Waals surface area contributed by atoms with Crippen LogP contribution in [0.15, 0.2) is 24.5 Å². The SMILES string of the molecule is COc1cc(OC)cc(N2CCC(Nc3ncnc4c3NC(=O)CO4)C2=O)c1. The number of ether oxygens (including phenoxy) is 3. The Morgan fingerprint density at radius 2 is 1.93 bits per heavy atom. The molecule has 1 aromatic heterocycles. The number of hydrogen-bond acceptors (Lipinski definition) is 8. The Bertz CT molecular complexity index is 912. The molecule has 10 nitrogen and oxygen atoms in total. The molecule has 28 heavy (non-hydrogen) atoms. The van der Waals surface area contributed by atoms with Crippen molar-refractivity contribution in [1.82, 2.24) is 9.97 Å². The van der Waals surface area contributed by atoms with Crippen LogP contribution >= 0.6 is 0 Å². The molecule has 2 aliphatic rings. The first-order valence-corrected chi connectivity index (χ1v) is 8.67. The van der Waals surface area contributed by atoms with E-state index in [1.165, 1.54) is 6.33 Å². The van der Waals surface area contributed by atoms with Crippen molar-refractivity contribution in [1.29, 1.82) is 0 Å². The minimum Gasteiger partial charge on any atom is -0.497 e. The maximum Gasteiger partial charge on any atom is 0.262 e. The normalized spacial score (nSPS) is 18.2. The molecular weight excluding hydrogens is 366 g/mol. The average molecular weight is 385 g/mol. The first-order valence-electron chi connectivity index (χ1n) is 8.67. The number of fused-ring (bicyclic) bond motifs is 1. The van der Waals surface area contributed by atoms with Gasteiger partial charge in [0.15, 0.2) is 12.4 Å². The zero-order chi connectivity index (χ0) is 19.7. The largest absolute Gasteiger partial charge is 0.497 e. The molecular formula is C18H19N5O5. The van der Waals surface area contributed by atoms with E-state index in [0.717, 1.165) is 0 Å². The molecule has 1 saturated heterocycles. The van der Waals surface area contributed by atoms with Crippen molar-refractivity contribution in [3.63, 3.8) is 0 Å². The Labute approximate surface area is 160 Å². The lowest BCUT2D eigenvalue weighted by atomic mass is 10.2. The lowest BCUT2D eigenvalue weighted by Gasteiger charge is -2.21. The van der Waals surface area contributed by atoms with Crippen LogP contribution in [0.3, 0.4) is 0 Å². The monoisotopic (exact) mass is 385 g/mol. The van der Waals surface area contributed by atoms with E-state index in [-0.39, 0.29) is 24.3 Å². The van der Waals surface area contributed by atoms with E-state index >= 15 is 0 Å². The van der Waals surface area contributed by atoms with Crippen LogP contribution in [0.25, 0.3) is 0 Å². The predicted molar refractivity (Wildman–Crippen MR) is 100 cm³/mol. The van der Waals surface area contributed by atoms with E-state index in [2.05, 4.69) is 20.6 Å². The van der Waals surface area contributed by atoms with Gasteiger partial charge in [-0.1, -0.05) is 0 Å². The Morgan fingerprint density at radius 3 is 2.64 bits per heavy atom. The van der Waals surface area contributed by atoms with Crippen molar-refractivity contribution >= 4 is 29.0 Å². The number of hydrogen-bond donors (Lipinski definition) is 2. The van der Waals surface area contributed by atoms with Gasteiger partial charge in [-0.3, -0.25) is 9.59 Å². The number of amides is 2. The van der Waals surface area contributed by atoms with Crippen LogP contribution in [0, 0.1) is 0 Å². The summed E-state index contributed by atoms with van der Waals surface area (Å²) in [4.78, 5) is 34.4. The van der Waals surface area contributed by atoms with E-state index < -0.39 is 6.04 Å². The fourth-order valence-corrected chi connectivity index (χ4v) is 3.19. The van der Waals surface area contributed by atoms with E-state index in [4.69, 9.17) is 14.2 Å². The van der Waals surface area contributed by atoms with Gasteiger partial charge in [0, 0.05) is 24.7 Å². The maximum atomic E-state index is 13.0. The number of carbonyl (C=O) groups excluding carboxylic acids is 2. The minimum atomic E-state index is -0.505. The van der Waals surface area contributed by atoms with Gasteiger partial charge in [0.05, 0.1) is 19.9 Å². The summed E-state index contributed by atoms with van der Waals surface area (Å²) < 4.78 is 15.8. The van der Waals surface area contributed by atoms with E-state index in [0.29, 0.717) is 41.7 Å². The molecule has 1 unspecified atom stereocenters. The third-order valence-electron chi connectivity index (χ3n) is 4.58. The Morgan fingerprint density at radius 1 is 1.18 bits per heavy atom. The number of methoxy groups -OCH3 is 2. The van der Waals surface area contributed by atoms with Crippen LogP contribution in [0.4, 0.5) is 17.2 Å². The molecule has 0 bridgehead atoms. The van der Waals surface area contributed by atoms with Gasteiger partial charge in [0.25, 0.3) is 5.91 Å². The van der Waals surface area contributed by atoms with Crippen molar-refractivity contribution < 1.29 is 23.8 Å². The van der Waals surface area contributed by atoms with Gasteiger partial charge in [0.1, 0.15) is 29.6 Å². The molecule has 0 radical (unpaired) electrons. The van der Waals surface area contributed by atoms with Crippen LogP contribution in [-0.4, -0.2) is 55.2 Å². The number of carbonyl (C=O) groups is 2. The molecule has 1 aromatic carbocycles. The van der Waals surface area contributed by atoms with Crippen LogP contribution in [0.5, 0.6) is 17.4 Å². The lowest BCUT2D eigenvalue weighted by Crippen LogP contribution is -2.34. The molecule has 3 heterocycles. The number of benzene rings is 1. The molecule has 0 saturated carbocycles. The van der Waals surface area contributed by atoms with Gasteiger partial charge >= 0.3 is 0 Å². The molecule has 0 aliphatic carbocycles. The highest BCUT2D eigenvalue weighted by atomic mass is 16.5. The summed E-state index contributed by atoms with van der Waals surface area (Å²) in [5, 5.41) is 5.78. The van der Waals surface area contributed by atoms with E-state index in [9.17, 15) is 9.59 Å². The second-order valence-corrected chi connectivity index (χ2v) is 6.29. The minimum absolute atomic E-state index is 0.0999. The van der Waals surface area contributed by atoms with Crippen LogP contribution in [0.1, 0.15) is 6.42 Å². The summed E-state index contributed by atoms with van der Waals surface area (Å²) in [6, 6.07) is 4.80. The highest BCUT2D eigenvalue weighted by Crippen LogP contribution is 2.34. The first kappa shape index (κ1) is 17.8. The molecule has 2 aromatic rings. The Kier molecular flexibility index (Phi) is 4.60. The molecule has 2 amide bonds.